The highest BCUT2D eigenvalue weighted by Gasteiger charge is 2.10. The van der Waals surface area contributed by atoms with Gasteiger partial charge in [0.25, 0.3) is 5.91 Å². The van der Waals surface area contributed by atoms with Crippen molar-refractivity contribution in [3.8, 4) is 0 Å². The van der Waals surface area contributed by atoms with Crippen molar-refractivity contribution >= 4 is 28.7 Å². The molecule has 1 aromatic heterocycles. The lowest BCUT2D eigenvalue weighted by atomic mass is 10.1. The number of aromatic amines is 1. The number of nitrogens with two attached hydrogens (primary N) is 1. The van der Waals surface area contributed by atoms with Crippen molar-refractivity contribution in [3.63, 3.8) is 0 Å². The molecule has 4 N–H and O–H groups in total. The second-order valence-corrected chi connectivity index (χ2v) is 5.74. The molecule has 0 spiro atoms. The van der Waals surface area contributed by atoms with Gasteiger partial charge >= 0.3 is 0 Å². The number of fused-ring (bicyclic) bond motifs is 1. The summed E-state index contributed by atoms with van der Waals surface area (Å²) in [6.07, 6.45) is 0. The SMILES string of the molecule is CC(C)N=C(N)c1ccc(C(=O)Nc2nc3ccccc3[nH]2)cc1. The number of amides is 1. The molecular formula is C18H19N5O. The number of imidazole rings is 1. The first kappa shape index (κ1) is 15.7. The molecule has 0 fully saturated rings. The zero-order valence-corrected chi connectivity index (χ0v) is 13.6. The van der Waals surface area contributed by atoms with E-state index in [2.05, 4.69) is 20.3 Å². The lowest BCUT2D eigenvalue weighted by Gasteiger charge is -2.05. The maximum Gasteiger partial charge on any atom is 0.257 e. The molecule has 6 nitrogen and oxygen atoms in total. The second kappa shape index (κ2) is 6.54. The normalized spacial score (nSPS) is 11.9. The van der Waals surface area contributed by atoms with Crippen LogP contribution in [-0.2, 0) is 0 Å². The Bertz CT molecular complexity index is 860. The Morgan fingerprint density at radius 1 is 1.12 bits per heavy atom. The first-order chi connectivity index (χ1) is 11.5. The van der Waals surface area contributed by atoms with Gasteiger partial charge in [0.2, 0.25) is 5.95 Å². The van der Waals surface area contributed by atoms with Crippen LogP contribution in [0.1, 0.15) is 29.8 Å². The summed E-state index contributed by atoms with van der Waals surface area (Å²) < 4.78 is 0. The van der Waals surface area contributed by atoms with E-state index in [1.165, 1.54) is 0 Å². The van der Waals surface area contributed by atoms with Crippen molar-refractivity contribution in [2.24, 2.45) is 10.7 Å². The van der Waals surface area contributed by atoms with E-state index >= 15 is 0 Å². The minimum atomic E-state index is -0.236. The molecule has 0 atom stereocenters. The van der Waals surface area contributed by atoms with E-state index < -0.39 is 0 Å². The van der Waals surface area contributed by atoms with Crippen molar-refractivity contribution in [1.82, 2.24) is 9.97 Å². The predicted molar refractivity (Wildman–Crippen MR) is 96.3 cm³/mol. The molecule has 0 saturated carbocycles. The number of nitrogens with zero attached hydrogens (tertiary/aromatic N) is 2. The van der Waals surface area contributed by atoms with E-state index in [0.717, 1.165) is 16.6 Å². The molecule has 0 radical (unpaired) electrons. The number of hydrogen-bond acceptors (Lipinski definition) is 3. The molecule has 0 bridgehead atoms. The summed E-state index contributed by atoms with van der Waals surface area (Å²) in [5.41, 5.74) is 8.93. The fourth-order valence-corrected chi connectivity index (χ4v) is 2.34. The Morgan fingerprint density at radius 2 is 1.79 bits per heavy atom. The summed E-state index contributed by atoms with van der Waals surface area (Å²) in [5, 5.41) is 2.76. The average molecular weight is 321 g/mol. The molecule has 3 rings (SSSR count). The van der Waals surface area contributed by atoms with Crippen molar-refractivity contribution in [3.05, 3.63) is 59.7 Å². The molecule has 2 aromatic carbocycles. The van der Waals surface area contributed by atoms with Crippen LogP contribution in [-0.4, -0.2) is 27.8 Å². The van der Waals surface area contributed by atoms with E-state index in [4.69, 9.17) is 5.73 Å². The van der Waals surface area contributed by atoms with Gasteiger partial charge in [-0.2, -0.15) is 0 Å². The van der Waals surface area contributed by atoms with Gasteiger partial charge < -0.3 is 10.7 Å². The summed E-state index contributed by atoms with van der Waals surface area (Å²) in [4.78, 5) is 24.0. The summed E-state index contributed by atoms with van der Waals surface area (Å²) in [7, 11) is 0. The third kappa shape index (κ3) is 3.43. The molecule has 0 saturated heterocycles. The number of amidine groups is 1. The van der Waals surface area contributed by atoms with Crippen LogP contribution in [0.2, 0.25) is 0 Å². The first-order valence-corrected chi connectivity index (χ1v) is 7.73. The van der Waals surface area contributed by atoms with Crippen molar-refractivity contribution in [2.45, 2.75) is 19.9 Å². The van der Waals surface area contributed by atoms with E-state index in [-0.39, 0.29) is 11.9 Å². The number of H-pyrrole nitrogens is 1. The Labute approximate surface area is 139 Å². The molecule has 0 unspecified atom stereocenters. The lowest BCUT2D eigenvalue weighted by Crippen LogP contribution is -2.17. The summed E-state index contributed by atoms with van der Waals surface area (Å²) in [5.74, 6) is 0.653. The topological polar surface area (TPSA) is 96.2 Å². The fraction of sp³-hybridized carbons (Fsp3) is 0.167. The van der Waals surface area contributed by atoms with Crippen molar-refractivity contribution in [1.29, 1.82) is 0 Å². The average Bonchev–Trinajstić information content (AvgIpc) is 2.96. The number of anilines is 1. The van der Waals surface area contributed by atoms with E-state index in [1.807, 2.05) is 38.1 Å². The molecule has 0 aliphatic heterocycles. The number of benzene rings is 2. The van der Waals surface area contributed by atoms with Gasteiger partial charge in [-0.15, -0.1) is 0 Å². The maximum atomic E-state index is 12.3. The molecule has 3 aromatic rings. The minimum Gasteiger partial charge on any atom is -0.383 e. The molecule has 24 heavy (non-hydrogen) atoms. The fourth-order valence-electron chi connectivity index (χ4n) is 2.34. The predicted octanol–water partition coefficient (Wildman–Crippen LogP) is 2.93. The molecule has 1 heterocycles. The van der Waals surface area contributed by atoms with Gasteiger partial charge in [-0.05, 0) is 38.1 Å². The quantitative estimate of drug-likeness (QED) is 0.509. The number of carbonyl (C=O) groups is 1. The van der Waals surface area contributed by atoms with Crippen LogP contribution in [0.15, 0.2) is 53.5 Å². The highest BCUT2D eigenvalue weighted by molar-refractivity contribution is 6.05. The van der Waals surface area contributed by atoms with Crippen LogP contribution in [0, 0.1) is 0 Å². The Kier molecular flexibility index (Phi) is 4.29. The molecular weight excluding hydrogens is 302 g/mol. The molecule has 0 aliphatic rings. The second-order valence-electron chi connectivity index (χ2n) is 5.74. The summed E-state index contributed by atoms with van der Waals surface area (Å²) in [6.45, 7) is 3.92. The number of aliphatic imine (C=N–C) groups is 1. The standard InChI is InChI=1S/C18H19N5O/c1-11(2)20-16(19)12-7-9-13(10-8-12)17(24)23-18-21-14-5-3-4-6-15(14)22-18/h3-11H,1-2H3,(H2,19,20)(H2,21,22,23,24). The van der Waals surface area contributed by atoms with Gasteiger partial charge in [-0.3, -0.25) is 15.1 Å². The molecule has 122 valence electrons. The zero-order valence-electron chi connectivity index (χ0n) is 13.6. The number of para-hydroxylation sites is 2. The van der Waals surface area contributed by atoms with Gasteiger partial charge in [0, 0.05) is 17.2 Å². The molecule has 6 heteroatoms. The van der Waals surface area contributed by atoms with Crippen LogP contribution < -0.4 is 11.1 Å². The lowest BCUT2D eigenvalue weighted by molar-refractivity contribution is 0.102. The Balaban J connectivity index is 1.75. The van der Waals surface area contributed by atoms with Crippen LogP contribution in [0.5, 0.6) is 0 Å². The first-order valence-electron chi connectivity index (χ1n) is 7.73. The van der Waals surface area contributed by atoms with Crippen molar-refractivity contribution < 1.29 is 4.79 Å². The van der Waals surface area contributed by atoms with Gasteiger partial charge in [0.05, 0.1) is 11.0 Å². The zero-order chi connectivity index (χ0) is 17.1. The Hall–Kier alpha value is -3.15. The van der Waals surface area contributed by atoms with E-state index in [1.54, 1.807) is 24.3 Å². The van der Waals surface area contributed by atoms with Gasteiger partial charge in [-0.1, -0.05) is 24.3 Å². The van der Waals surface area contributed by atoms with Crippen LogP contribution >= 0.6 is 0 Å². The summed E-state index contributed by atoms with van der Waals surface area (Å²) >= 11 is 0. The minimum absolute atomic E-state index is 0.126. The third-order valence-electron chi connectivity index (χ3n) is 3.46. The number of aromatic nitrogens is 2. The number of nitrogens with one attached hydrogen (secondary N) is 2. The number of carbonyl (C=O) groups excluding carboxylic acids is 1. The van der Waals surface area contributed by atoms with Crippen molar-refractivity contribution in [2.75, 3.05) is 5.32 Å². The van der Waals surface area contributed by atoms with Gasteiger partial charge in [0.15, 0.2) is 0 Å². The highest BCUT2D eigenvalue weighted by atomic mass is 16.1. The van der Waals surface area contributed by atoms with Gasteiger partial charge in [0.1, 0.15) is 5.84 Å². The number of hydrogen-bond donors (Lipinski definition) is 3. The highest BCUT2D eigenvalue weighted by Crippen LogP contribution is 2.14. The third-order valence-corrected chi connectivity index (χ3v) is 3.46. The van der Waals surface area contributed by atoms with E-state index in [9.17, 15) is 4.79 Å². The smallest absolute Gasteiger partial charge is 0.257 e. The molecule has 1 amide bonds. The monoisotopic (exact) mass is 321 g/mol. The van der Waals surface area contributed by atoms with Crippen LogP contribution in [0.3, 0.4) is 0 Å². The molecule has 0 aliphatic carbocycles. The Morgan fingerprint density at radius 3 is 2.46 bits per heavy atom. The van der Waals surface area contributed by atoms with Crippen LogP contribution in [0.25, 0.3) is 11.0 Å². The van der Waals surface area contributed by atoms with Crippen LogP contribution in [0.4, 0.5) is 5.95 Å². The maximum absolute atomic E-state index is 12.3. The van der Waals surface area contributed by atoms with Gasteiger partial charge in [-0.25, -0.2) is 4.98 Å². The van der Waals surface area contributed by atoms with E-state index in [0.29, 0.717) is 17.3 Å². The largest absolute Gasteiger partial charge is 0.383 e. The number of rotatable bonds is 4. The summed E-state index contributed by atoms with van der Waals surface area (Å²) in [6, 6.07) is 14.7.